The Morgan fingerprint density at radius 2 is 2.00 bits per heavy atom. The molecule has 0 spiro atoms. The quantitative estimate of drug-likeness (QED) is 0.404. The maximum atomic E-state index is 10.3. The molecule has 2 unspecified atom stereocenters. The van der Waals surface area contributed by atoms with E-state index in [0.29, 0.717) is 0 Å². The van der Waals surface area contributed by atoms with Crippen LogP contribution in [0.5, 0.6) is 0 Å². The zero-order chi connectivity index (χ0) is 6.69. The Bertz CT molecular complexity index is 126. The zero-order valence-electron chi connectivity index (χ0n) is 4.05. The van der Waals surface area contributed by atoms with Gasteiger partial charge >= 0.3 is 16.5 Å². The van der Waals surface area contributed by atoms with Gasteiger partial charge in [0.2, 0.25) is 6.79 Å². The predicted octanol–water partition coefficient (Wildman–Crippen LogP) is 1.25. The molecule has 1 fully saturated rings. The SMILES string of the molecule is O=[P+]1OCOO[P+](=O)O1. The van der Waals surface area contributed by atoms with Crippen LogP contribution in [0.2, 0.25) is 0 Å². The number of hydrogen-bond acceptors (Lipinski definition) is 6. The topological polar surface area (TPSA) is 71.1 Å². The second kappa shape index (κ2) is 3.27. The number of hydrogen-bond donors (Lipinski definition) is 0. The van der Waals surface area contributed by atoms with E-state index in [2.05, 4.69) is 18.4 Å². The molecule has 0 saturated carbocycles. The van der Waals surface area contributed by atoms with E-state index in [1.807, 2.05) is 0 Å². The lowest BCUT2D eigenvalue weighted by Gasteiger charge is -1.75. The molecule has 0 bridgehead atoms. The lowest BCUT2D eigenvalue weighted by molar-refractivity contribution is -0.239. The first kappa shape index (κ1) is 7.15. The minimum absolute atomic E-state index is 0.337. The summed E-state index contributed by atoms with van der Waals surface area (Å²) in [5.74, 6) is 0. The molecule has 1 aliphatic rings. The molecule has 50 valence electrons. The average Bonchev–Trinajstić information content (AvgIpc) is 1.93. The Hall–Kier alpha value is 0.0400. The van der Waals surface area contributed by atoms with Gasteiger partial charge in [0.05, 0.1) is 4.67 Å². The Kier molecular flexibility index (Phi) is 2.60. The van der Waals surface area contributed by atoms with E-state index in [-0.39, 0.29) is 6.79 Å². The Balaban J connectivity index is 2.47. The summed E-state index contributed by atoms with van der Waals surface area (Å²) in [6, 6.07) is 0. The first-order chi connectivity index (χ1) is 4.29. The summed E-state index contributed by atoms with van der Waals surface area (Å²) in [7, 11) is -4.78. The van der Waals surface area contributed by atoms with Gasteiger partial charge in [0, 0.05) is 9.13 Å². The summed E-state index contributed by atoms with van der Waals surface area (Å²) in [6.45, 7) is -0.337. The fraction of sp³-hybridized carbons (Fsp3) is 1.00. The molecule has 0 aromatic rings. The van der Waals surface area contributed by atoms with Crippen LogP contribution >= 0.6 is 16.5 Å². The van der Waals surface area contributed by atoms with Gasteiger partial charge in [-0.3, -0.25) is 0 Å². The molecule has 6 nitrogen and oxygen atoms in total. The minimum Gasteiger partial charge on any atom is -0.153 e. The molecule has 8 heteroatoms. The maximum absolute atomic E-state index is 10.3. The highest BCUT2D eigenvalue weighted by atomic mass is 31.2. The standard InChI is InChI=1S/CH2O6P2/c2-8-5-1-4-6-9(3)7-8/h1H2/q+2. The highest BCUT2D eigenvalue weighted by Crippen LogP contribution is 2.42. The van der Waals surface area contributed by atoms with Gasteiger partial charge in [0.1, 0.15) is 0 Å². The Labute approximate surface area is 51.9 Å². The molecule has 0 radical (unpaired) electrons. The summed E-state index contributed by atoms with van der Waals surface area (Å²) in [5.41, 5.74) is 0. The van der Waals surface area contributed by atoms with Crippen molar-refractivity contribution in [2.75, 3.05) is 6.79 Å². The van der Waals surface area contributed by atoms with Crippen molar-refractivity contribution >= 4 is 16.5 Å². The number of rotatable bonds is 0. The van der Waals surface area contributed by atoms with Crippen LogP contribution < -0.4 is 0 Å². The lowest BCUT2D eigenvalue weighted by Crippen LogP contribution is -1.86. The second-order valence-electron chi connectivity index (χ2n) is 0.968. The Morgan fingerprint density at radius 3 is 2.78 bits per heavy atom. The van der Waals surface area contributed by atoms with Gasteiger partial charge in [-0.15, -0.1) is 0 Å². The first-order valence-electron chi connectivity index (χ1n) is 1.84. The van der Waals surface area contributed by atoms with Crippen molar-refractivity contribution in [2.24, 2.45) is 0 Å². The van der Waals surface area contributed by atoms with Crippen LogP contribution in [0.4, 0.5) is 0 Å². The summed E-state index contributed by atoms with van der Waals surface area (Å²) >= 11 is 0. The first-order valence-corrected chi connectivity index (χ1v) is 4.03. The highest BCUT2D eigenvalue weighted by molar-refractivity contribution is 7.47. The molecule has 1 heterocycles. The van der Waals surface area contributed by atoms with Crippen LogP contribution in [0, 0.1) is 0 Å². The maximum Gasteiger partial charge on any atom is 0.779 e. The third-order valence-corrected chi connectivity index (χ3v) is 2.06. The van der Waals surface area contributed by atoms with Crippen LogP contribution in [-0.4, -0.2) is 6.79 Å². The highest BCUT2D eigenvalue weighted by Gasteiger charge is 2.44. The second-order valence-corrected chi connectivity index (χ2v) is 2.92. The van der Waals surface area contributed by atoms with Gasteiger partial charge in [0.15, 0.2) is 4.31 Å². The van der Waals surface area contributed by atoms with Gasteiger partial charge in [-0.05, 0) is 0 Å². The minimum atomic E-state index is -2.44. The van der Waals surface area contributed by atoms with Gasteiger partial charge in [0.25, 0.3) is 0 Å². The van der Waals surface area contributed by atoms with Crippen LogP contribution in [0.1, 0.15) is 0 Å². The van der Waals surface area contributed by atoms with Gasteiger partial charge in [-0.1, -0.05) is 4.52 Å². The molecule has 0 aromatic carbocycles. The summed E-state index contributed by atoms with van der Waals surface area (Å²) in [6.07, 6.45) is 0. The van der Waals surface area contributed by atoms with Crippen molar-refractivity contribution in [1.29, 1.82) is 0 Å². The third kappa shape index (κ3) is 2.41. The molecule has 0 N–H and O–H groups in total. The molecule has 1 aliphatic heterocycles. The summed E-state index contributed by atoms with van der Waals surface area (Å²) < 4.78 is 32.7. The molecule has 2 atom stereocenters. The molecule has 1 rings (SSSR count). The van der Waals surface area contributed by atoms with Crippen molar-refractivity contribution < 1.29 is 27.5 Å². The van der Waals surface area contributed by atoms with Crippen LogP contribution in [0.3, 0.4) is 0 Å². The fourth-order valence-corrected chi connectivity index (χ4v) is 1.21. The molecule has 0 amide bonds. The molecular formula is CH2O6P2+2. The van der Waals surface area contributed by atoms with Crippen molar-refractivity contribution in [2.45, 2.75) is 0 Å². The van der Waals surface area contributed by atoms with Gasteiger partial charge in [-0.25, -0.2) is 0 Å². The third-order valence-electron chi connectivity index (χ3n) is 0.453. The normalized spacial score (nSPS) is 29.8. The van der Waals surface area contributed by atoms with E-state index < -0.39 is 16.5 Å². The smallest absolute Gasteiger partial charge is 0.153 e. The van der Waals surface area contributed by atoms with Crippen molar-refractivity contribution in [1.82, 2.24) is 0 Å². The van der Waals surface area contributed by atoms with E-state index in [4.69, 9.17) is 0 Å². The Morgan fingerprint density at radius 1 is 1.22 bits per heavy atom. The molecule has 1 saturated heterocycles. The van der Waals surface area contributed by atoms with Gasteiger partial charge in [-0.2, -0.15) is 4.89 Å². The van der Waals surface area contributed by atoms with E-state index >= 15 is 0 Å². The van der Waals surface area contributed by atoms with Crippen LogP contribution in [0.25, 0.3) is 0 Å². The molecular weight excluding hydrogens is 170 g/mol. The van der Waals surface area contributed by atoms with Crippen molar-refractivity contribution in [3.8, 4) is 0 Å². The average molecular weight is 172 g/mol. The fourth-order valence-electron chi connectivity index (χ4n) is 0.221. The zero-order valence-corrected chi connectivity index (χ0v) is 5.84. The largest absolute Gasteiger partial charge is 0.779 e. The molecule has 0 aliphatic carbocycles. The van der Waals surface area contributed by atoms with Crippen LogP contribution in [0.15, 0.2) is 0 Å². The summed E-state index contributed by atoms with van der Waals surface area (Å²) in [4.78, 5) is 4.06. The van der Waals surface area contributed by atoms with E-state index in [9.17, 15) is 9.13 Å². The molecule has 0 aromatic heterocycles. The van der Waals surface area contributed by atoms with E-state index in [0.717, 1.165) is 0 Å². The monoisotopic (exact) mass is 172 g/mol. The van der Waals surface area contributed by atoms with Crippen molar-refractivity contribution in [3.63, 3.8) is 0 Å². The summed E-state index contributed by atoms with van der Waals surface area (Å²) in [5, 5.41) is 0. The van der Waals surface area contributed by atoms with E-state index in [1.54, 1.807) is 0 Å². The predicted molar refractivity (Wildman–Crippen MR) is 24.4 cm³/mol. The van der Waals surface area contributed by atoms with Crippen LogP contribution in [-0.2, 0) is 27.5 Å². The van der Waals surface area contributed by atoms with Crippen molar-refractivity contribution in [3.05, 3.63) is 0 Å². The van der Waals surface area contributed by atoms with Gasteiger partial charge < -0.3 is 0 Å². The molecule has 9 heavy (non-hydrogen) atoms. The lowest BCUT2D eigenvalue weighted by atomic mass is 11.5. The van der Waals surface area contributed by atoms with E-state index in [1.165, 1.54) is 0 Å².